The summed E-state index contributed by atoms with van der Waals surface area (Å²) in [4.78, 5) is 0. The highest BCUT2D eigenvalue weighted by Gasteiger charge is 2.23. The molecule has 76 valence electrons. The lowest BCUT2D eigenvalue weighted by Gasteiger charge is -2.26. The Kier molecular flexibility index (Phi) is 4.22. The molecule has 3 heteroatoms. The number of nitriles is 1. The van der Waals surface area contributed by atoms with Gasteiger partial charge < -0.3 is 9.84 Å². The van der Waals surface area contributed by atoms with Gasteiger partial charge in [-0.2, -0.15) is 5.26 Å². The van der Waals surface area contributed by atoms with E-state index in [2.05, 4.69) is 4.74 Å². The first-order valence-electron chi connectivity index (χ1n) is 4.50. The molecule has 0 rings (SSSR count). The highest BCUT2D eigenvalue weighted by Crippen LogP contribution is 2.26. The van der Waals surface area contributed by atoms with Crippen LogP contribution in [0, 0.1) is 16.9 Å². The Labute approximate surface area is 80.3 Å². The second-order valence-corrected chi connectivity index (χ2v) is 4.86. The van der Waals surface area contributed by atoms with Crippen LogP contribution in [0.15, 0.2) is 0 Å². The average molecular weight is 185 g/mol. The van der Waals surface area contributed by atoms with Gasteiger partial charge in [-0.1, -0.05) is 13.8 Å². The van der Waals surface area contributed by atoms with E-state index in [4.69, 9.17) is 5.26 Å². The summed E-state index contributed by atoms with van der Waals surface area (Å²) in [5.74, 6) is 0. The lowest BCUT2D eigenvalue weighted by molar-refractivity contribution is 0.0452. The van der Waals surface area contributed by atoms with Crippen molar-refractivity contribution < 1.29 is 9.84 Å². The van der Waals surface area contributed by atoms with Gasteiger partial charge in [-0.3, -0.25) is 0 Å². The van der Waals surface area contributed by atoms with Crippen molar-refractivity contribution in [2.45, 2.75) is 46.1 Å². The topological polar surface area (TPSA) is 53.2 Å². The van der Waals surface area contributed by atoms with E-state index in [1.165, 1.54) is 0 Å². The molecule has 0 aliphatic rings. The maximum Gasteiger partial charge on any atom is 0.286 e. The van der Waals surface area contributed by atoms with Crippen LogP contribution >= 0.6 is 0 Å². The van der Waals surface area contributed by atoms with Gasteiger partial charge in [0.15, 0.2) is 0 Å². The van der Waals surface area contributed by atoms with Crippen molar-refractivity contribution in [3.63, 3.8) is 0 Å². The molecule has 0 aliphatic heterocycles. The minimum atomic E-state index is -0.635. The monoisotopic (exact) mass is 185 g/mol. The molecule has 0 spiro atoms. The van der Waals surface area contributed by atoms with Crippen molar-refractivity contribution in [1.29, 1.82) is 5.26 Å². The maximum absolute atomic E-state index is 9.50. The summed E-state index contributed by atoms with van der Waals surface area (Å²) in [6, 6.07) is 0. The first-order chi connectivity index (χ1) is 5.77. The Bertz CT molecular complexity index is 186. The third-order valence-corrected chi connectivity index (χ3v) is 1.94. The molecule has 0 radical (unpaired) electrons. The van der Waals surface area contributed by atoms with Crippen LogP contribution in [0.25, 0.3) is 0 Å². The quantitative estimate of drug-likeness (QED) is 0.667. The molecule has 0 fully saturated rings. The van der Waals surface area contributed by atoms with Crippen molar-refractivity contribution in [3.8, 4) is 6.26 Å². The van der Waals surface area contributed by atoms with E-state index in [0.29, 0.717) is 6.61 Å². The molecule has 0 atom stereocenters. The summed E-state index contributed by atoms with van der Waals surface area (Å²) in [6.07, 6.45) is 3.22. The number of rotatable bonds is 5. The van der Waals surface area contributed by atoms with Gasteiger partial charge in [0.2, 0.25) is 0 Å². The molecule has 0 amide bonds. The fraction of sp³-hybridized carbons (Fsp3) is 0.900. The van der Waals surface area contributed by atoms with Crippen molar-refractivity contribution in [3.05, 3.63) is 0 Å². The standard InChI is InChI=1S/C10H19NO2/c1-9(2,7-13-8-11)5-6-10(3,4)12/h12H,5-7H2,1-4H3. The molecule has 0 aromatic carbocycles. The Morgan fingerprint density at radius 1 is 1.23 bits per heavy atom. The van der Waals surface area contributed by atoms with Gasteiger partial charge in [0.1, 0.15) is 6.61 Å². The lowest BCUT2D eigenvalue weighted by atomic mass is 9.85. The first kappa shape index (κ1) is 12.2. The van der Waals surface area contributed by atoms with Crippen molar-refractivity contribution in [2.24, 2.45) is 5.41 Å². The Morgan fingerprint density at radius 3 is 2.15 bits per heavy atom. The minimum Gasteiger partial charge on any atom is -0.427 e. The number of hydrogen-bond donors (Lipinski definition) is 1. The van der Waals surface area contributed by atoms with Crippen LogP contribution in [0.3, 0.4) is 0 Å². The molecule has 0 bridgehead atoms. The van der Waals surface area contributed by atoms with Gasteiger partial charge in [0.25, 0.3) is 6.26 Å². The van der Waals surface area contributed by atoms with E-state index >= 15 is 0 Å². The Hall–Kier alpha value is -0.750. The largest absolute Gasteiger partial charge is 0.427 e. The number of aliphatic hydroxyl groups is 1. The predicted molar refractivity (Wildman–Crippen MR) is 50.9 cm³/mol. The number of hydrogen-bond acceptors (Lipinski definition) is 3. The summed E-state index contributed by atoms with van der Waals surface area (Å²) in [5.41, 5.74) is -0.681. The SMILES string of the molecule is CC(C)(O)CCC(C)(C)COC#N. The zero-order valence-corrected chi connectivity index (χ0v) is 8.92. The first-order valence-corrected chi connectivity index (χ1v) is 4.50. The summed E-state index contributed by atoms with van der Waals surface area (Å²) < 4.78 is 4.69. The number of ether oxygens (including phenoxy) is 1. The van der Waals surface area contributed by atoms with E-state index in [-0.39, 0.29) is 5.41 Å². The third-order valence-electron chi connectivity index (χ3n) is 1.94. The van der Waals surface area contributed by atoms with Crippen LogP contribution in [-0.4, -0.2) is 17.3 Å². The molecular formula is C10H19NO2. The molecule has 0 aliphatic carbocycles. The van der Waals surface area contributed by atoms with Gasteiger partial charge in [-0.15, -0.1) is 0 Å². The van der Waals surface area contributed by atoms with Crippen LogP contribution in [-0.2, 0) is 4.74 Å². The van der Waals surface area contributed by atoms with Crippen LogP contribution in [0.5, 0.6) is 0 Å². The van der Waals surface area contributed by atoms with Crippen LogP contribution in [0.4, 0.5) is 0 Å². The van der Waals surface area contributed by atoms with Gasteiger partial charge in [0.05, 0.1) is 5.60 Å². The van der Waals surface area contributed by atoms with Crippen molar-refractivity contribution in [1.82, 2.24) is 0 Å². The Balaban J connectivity index is 3.83. The van der Waals surface area contributed by atoms with Gasteiger partial charge >= 0.3 is 0 Å². The van der Waals surface area contributed by atoms with Gasteiger partial charge in [-0.05, 0) is 26.7 Å². The normalized spacial score (nSPS) is 12.3. The molecule has 1 N–H and O–H groups in total. The summed E-state index contributed by atoms with van der Waals surface area (Å²) in [7, 11) is 0. The fourth-order valence-corrected chi connectivity index (χ4v) is 0.944. The van der Waals surface area contributed by atoms with E-state index in [1.807, 2.05) is 13.8 Å². The molecule has 0 saturated heterocycles. The van der Waals surface area contributed by atoms with Gasteiger partial charge in [0, 0.05) is 5.41 Å². The molecule has 0 aromatic heterocycles. The average Bonchev–Trinajstić information content (AvgIpc) is 1.97. The van der Waals surface area contributed by atoms with Gasteiger partial charge in [-0.25, -0.2) is 0 Å². The smallest absolute Gasteiger partial charge is 0.286 e. The Morgan fingerprint density at radius 2 is 1.77 bits per heavy atom. The van der Waals surface area contributed by atoms with E-state index in [0.717, 1.165) is 12.8 Å². The van der Waals surface area contributed by atoms with Crippen molar-refractivity contribution in [2.75, 3.05) is 6.61 Å². The van der Waals surface area contributed by atoms with Crippen LogP contribution in [0.1, 0.15) is 40.5 Å². The molecule has 0 saturated carbocycles. The fourth-order valence-electron chi connectivity index (χ4n) is 0.944. The summed E-state index contributed by atoms with van der Waals surface area (Å²) in [5, 5.41) is 17.7. The molecule has 0 heterocycles. The predicted octanol–water partition coefficient (Wildman–Crippen LogP) is 2.06. The molecular weight excluding hydrogens is 166 g/mol. The van der Waals surface area contributed by atoms with E-state index in [1.54, 1.807) is 20.1 Å². The van der Waals surface area contributed by atoms with E-state index < -0.39 is 5.60 Å². The molecule has 0 unspecified atom stereocenters. The second-order valence-electron chi connectivity index (χ2n) is 4.86. The number of nitrogens with zero attached hydrogens (tertiary/aromatic N) is 1. The zero-order valence-electron chi connectivity index (χ0n) is 8.92. The lowest BCUT2D eigenvalue weighted by Crippen LogP contribution is -2.25. The molecule has 13 heavy (non-hydrogen) atoms. The third kappa shape index (κ3) is 7.61. The maximum atomic E-state index is 9.50. The van der Waals surface area contributed by atoms with E-state index in [9.17, 15) is 5.11 Å². The second kappa shape index (κ2) is 4.48. The minimum absolute atomic E-state index is 0.0459. The highest BCUT2D eigenvalue weighted by atomic mass is 16.5. The summed E-state index contributed by atoms with van der Waals surface area (Å²) >= 11 is 0. The zero-order chi connectivity index (χ0) is 10.5. The highest BCUT2D eigenvalue weighted by molar-refractivity contribution is 4.75. The molecule has 3 nitrogen and oxygen atoms in total. The van der Waals surface area contributed by atoms with Crippen LogP contribution in [0.2, 0.25) is 0 Å². The molecule has 0 aromatic rings. The van der Waals surface area contributed by atoms with Crippen molar-refractivity contribution >= 4 is 0 Å². The summed E-state index contributed by atoms with van der Waals surface area (Å²) in [6.45, 7) is 8.04. The van der Waals surface area contributed by atoms with Crippen LogP contribution < -0.4 is 0 Å².